The van der Waals surface area contributed by atoms with E-state index in [2.05, 4.69) is 15.3 Å². The van der Waals surface area contributed by atoms with Crippen LogP contribution in [0.1, 0.15) is 48.8 Å². The molecule has 0 radical (unpaired) electrons. The number of rotatable bonds is 9. The Bertz CT molecular complexity index is 1100. The van der Waals surface area contributed by atoms with Gasteiger partial charge in [-0.1, -0.05) is 36.0 Å². The van der Waals surface area contributed by atoms with Crippen molar-refractivity contribution in [1.29, 1.82) is 0 Å². The Balaban J connectivity index is 1.48. The molecule has 0 spiro atoms. The normalized spacial score (nSPS) is 18.4. The number of hydrogen-bond donors (Lipinski definition) is 1. The van der Waals surface area contributed by atoms with E-state index in [0.717, 1.165) is 28.9 Å². The van der Waals surface area contributed by atoms with Gasteiger partial charge in [0, 0.05) is 44.0 Å². The molecule has 2 aliphatic rings. The zero-order valence-corrected chi connectivity index (χ0v) is 22.5. The van der Waals surface area contributed by atoms with Crippen LogP contribution in [0.5, 0.6) is 5.75 Å². The van der Waals surface area contributed by atoms with E-state index in [0.29, 0.717) is 49.3 Å². The third kappa shape index (κ3) is 6.19. The lowest BCUT2D eigenvalue weighted by Crippen LogP contribution is -2.50. The van der Waals surface area contributed by atoms with Crippen molar-refractivity contribution in [3.05, 3.63) is 39.1 Å². The monoisotopic (exact) mass is 561 g/mol. The number of aldehydes is 1. The molecule has 1 atom stereocenters. The molecule has 2 heterocycles. The number of hydrogen-bond acceptors (Lipinski definition) is 6. The summed E-state index contributed by atoms with van der Waals surface area (Å²) in [4.78, 5) is 16.0. The number of methoxy groups -OCH3 is 1. The van der Waals surface area contributed by atoms with E-state index in [1.807, 2.05) is 17.0 Å². The molecule has 2 fully saturated rings. The number of piperazine rings is 1. The van der Waals surface area contributed by atoms with Crippen molar-refractivity contribution in [2.75, 3.05) is 44.7 Å². The topological polar surface area (TPSA) is 62.6 Å². The minimum atomic E-state index is -4.70. The first kappa shape index (κ1) is 28.0. The SMILES string of the molecule is COc1cc(N2CCN(C(C=O)n3nc(C(F)(F)F)c(Cl)c3C)CC2)c(CCNC2CCCC2)cc1Cl. The van der Waals surface area contributed by atoms with E-state index in [1.165, 1.54) is 32.6 Å². The lowest BCUT2D eigenvalue weighted by molar-refractivity contribution is -0.142. The highest BCUT2D eigenvalue weighted by molar-refractivity contribution is 6.32. The number of ether oxygens (including phenoxy) is 1. The van der Waals surface area contributed by atoms with Crippen LogP contribution in [0.2, 0.25) is 10.0 Å². The molecule has 0 bridgehead atoms. The van der Waals surface area contributed by atoms with Crippen LogP contribution in [-0.4, -0.2) is 66.8 Å². The maximum Gasteiger partial charge on any atom is 0.436 e. The fraction of sp³-hybridized carbons (Fsp3) is 0.600. The summed E-state index contributed by atoms with van der Waals surface area (Å²) in [6, 6.07) is 4.45. The van der Waals surface area contributed by atoms with E-state index < -0.39 is 23.1 Å². The highest BCUT2D eigenvalue weighted by atomic mass is 35.5. The van der Waals surface area contributed by atoms with Gasteiger partial charge in [0.05, 0.1) is 22.8 Å². The Hall–Kier alpha value is -2.01. The van der Waals surface area contributed by atoms with Crippen LogP contribution in [0.4, 0.5) is 18.9 Å². The van der Waals surface area contributed by atoms with Crippen molar-refractivity contribution in [3.63, 3.8) is 0 Å². The quantitative estimate of drug-likeness (QED) is 0.429. The third-order valence-electron chi connectivity index (χ3n) is 7.28. The summed E-state index contributed by atoms with van der Waals surface area (Å²) in [5, 5.41) is 7.36. The number of carbonyl (C=O) groups excluding carboxylic acids is 1. The molecular formula is C25H32Cl2F3N5O2. The first-order chi connectivity index (χ1) is 17.6. The predicted molar refractivity (Wildman–Crippen MR) is 138 cm³/mol. The van der Waals surface area contributed by atoms with Gasteiger partial charge in [-0.2, -0.15) is 18.3 Å². The molecular weight excluding hydrogens is 530 g/mol. The van der Waals surface area contributed by atoms with Gasteiger partial charge in [-0.15, -0.1) is 0 Å². The second kappa shape index (κ2) is 11.8. The van der Waals surface area contributed by atoms with Crippen molar-refractivity contribution in [1.82, 2.24) is 20.0 Å². The van der Waals surface area contributed by atoms with Gasteiger partial charge in [0.1, 0.15) is 5.75 Å². The van der Waals surface area contributed by atoms with Crippen molar-refractivity contribution >= 4 is 35.2 Å². The molecule has 1 saturated heterocycles. The Morgan fingerprint density at radius 1 is 1.19 bits per heavy atom. The summed E-state index contributed by atoms with van der Waals surface area (Å²) in [6.45, 7) is 4.31. The number of anilines is 1. The van der Waals surface area contributed by atoms with Gasteiger partial charge in [0.25, 0.3) is 0 Å². The van der Waals surface area contributed by atoms with Crippen LogP contribution in [0, 0.1) is 6.92 Å². The lowest BCUT2D eigenvalue weighted by atomic mass is 10.1. The molecule has 7 nitrogen and oxygen atoms in total. The zero-order chi connectivity index (χ0) is 26.7. The molecule has 1 aliphatic heterocycles. The number of benzene rings is 1. The minimum Gasteiger partial charge on any atom is -0.495 e. The van der Waals surface area contributed by atoms with Crippen LogP contribution in [-0.2, 0) is 17.4 Å². The lowest BCUT2D eigenvalue weighted by Gasteiger charge is -2.39. The van der Waals surface area contributed by atoms with Crippen molar-refractivity contribution < 1.29 is 22.7 Å². The second-order valence-corrected chi connectivity index (χ2v) is 10.3. The smallest absolute Gasteiger partial charge is 0.436 e. The molecule has 0 amide bonds. The highest BCUT2D eigenvalue weighted by Gasteiger charge is 2.40. The number of halogens is 5. The maximum absolute atomic E-state index is 13.3. The molecule has 1 aromatic carbocycles. The van der Waals surface area contributed by atoms with Gasteiger partial charge in [-0.3, -0.25) is 9.69 Å². The molecule has 1 N–H and O–H groups in total. The summed E-state index contributed by atoms with van der Waals surface area (Å²) in [5.41, 5.74) is 1.03. The van der Waals surface area contributed by atoms with E-state index >= 15 is 0 Å². The van der Waals surface area contributed by atoms with E-state index in [-0.39, 0.29) is 5.69 Å². The number of aromatic nitrogens is 2. The largest absolute Gasteiger partial charge is 0.495 e. The molecule has 1 saturated carbocycles. The van der Waals surface area contributed by atoms with Crippen molar-refractivity contribution in [2.24, 2.45) is 0 Å². The van der Waals surface area contributed by atoms with Gasteiger partial charge in [-0.05, 0) is 44.4 Å². The molecule has 1 aliphatic carbocycles. The standard InChI is InChI=1S/C25H32Cl2F3N5O2/c1-16-23(27)24(25(28,29)30)32-35(16)22(15-36)34-11-9-33(10-12-34)20-14-21(37-2)19(26)13-17(20)7-8-31-18-5-3-4-6-18/h13-15,18,22,31H,3-12H2,1-2H3. The summed E-state index contributed by atoms with van der Waals surface area (Å²) in [5.74, 6) is 0.582. The summed E-state index contributed by atoms with van der Waals surface area (Å²) in [6.07, 6.45) is 0.690. The summed E-state index contributed by atoms with van der Waals surface area (Å²) in [7, 11) is 1.58. The van der Waals surface area contributed by atoms with E-state index in [9.17, 15) is 18.0 Å². The zero-order valence-electron chi connectivity index (χ0n) is 21.0. The van der Waals surface area contributed by atoms with E-state index in [4.69, 9.17) is 27.9 Å². The molecule has 1 unspecified atom stereocenters. The van der Waals surface area contributed by atoms with Gasteiger partial charge in [0.2, 0.25) is 0 Å². The van der Waals surface area contributed by atoms with Crippen molar-refractivity contribution in [3.8, 4) is 5.75 Å². The van der Waals surface area contributed by atoms with Crippen molar-refractivity contribution in [2.45, 2.75) is 57.4 Å². The molecule has 37 heavy (non-hydrogen) atoms. The fourth-order valence-electron chi connectivity index (χ4n) is 5.24. The average molecular weight is 562 g/mol. The molecule has 2 aromatic rings. The van der Waals surface area contributed by atoms with Crippen LogP contribution < -0.4 is 15.0 Å². The Kier molecular flexibility index (Phi) is 8.93. The van der Waals surface area contributed by atoms with Crippen LogP contribution >= 0.6 is 23.2 Å². The minimum absolute atomic E-state index is 0.105. The number of carbonyl (C=O) groups is 1. The van der Waals surface area contributed by atoms with Gasteiger partial charge in [0.15, 0.2) is 18.1 Å². The fourth-order valence-corrected chi connectivity index (χ4v) is 5.73. The first-order valence-corrected chi connectivity index (χ1v) is 13.3. The maximum atomic E-state index is 13.3. The van der Waals surface area contributed by atoms with Crippen LogP contribution in [0.25, 0.3) is 0 Å². The Morgan fingerprint density at radius 2 is 1.86 bits per heavy atom. The molecule has 1 aromatic heterocycles. The summed E-state index contributed by atoms with van der Waals surface area (Å²) >= 11 is 12.4. The van der Waals surface area contributed by atoms with E-state index in [1.54, 1.807) is 7.11 Å². The number of nitrogens with one attached hydrogen (secondary N) is 1. The Labute approximate surface area is 224 Å². The third-order valence-corrected chi connectivity index (χ3v) is 8.03. The predicted octanol–water partition coefficient (Wildman–Crippen LogP) is 5.12. The van der Waals surface area contributed by atoms with Gasteiger partial charge < -0.3 is 15.0 Å². The molecule has 12 heteroatoms. The molecule has 4 rings (SSSR count). The summed E-state index contributed by atoms with van der Waals surface area (Å²) < 4.78 is 46.4. The Morgan fingerprint density at radius 3 is 2.43 bits per heavy atom. The first-order valence-electron chi connectivity index (χ1n) is 12.5. The highest BCUT2D eigenvalue weighted by Crippen LogP contribution is 2.37. The van der Waals surface area contributed by atoms with Crippen LogP contribution in [0.3, 0.4) is 0 Å². The van der Waals surface area contributed by atoms with Gasteiger partial charge >= 0.3 is 6.18 Å². The van der Waals surface area contributed by atoms with Gasteiger partial charge in [-0.25, -0.2) is 4.68 Å². The molecule has 204 valence electrons. The average Bonchev–Trinajstić information content (AvgIpc) is 3.49. The number of alkyl halides is 3. The second-order valence-electron chi connectivity index (χ2n) is 9.56. The van der Waals surface area contributed by atoms with Crippen LogP contribution in [0.15, 0.2) is 12.1 Å². The number of nitrogens with zero attached hydrogens (tertiary/aromatic N) is 4.